The van der Waals surface area contributed by atoms with E-state index in [2.05, 4.69) is 0 Å². The molecular weight excluding hydrogens is 406 g/mol. The van der Waals surface area contributed by atoms with Crippen LogP contribution in [-0.4, -0.2) is 42.0 Å². The number of benzene rings is 2. The standard InChI is InChI=1S/C23H24ClNO5/c1-4-12-25-20(14-6-8-15(29-3)9-7-14)19(22(27)23(25)28)21(26)17-13-16(30-5-2)10-11-18(17)24/h6-11,13,20,26H,4-5,12H2,1-3H3/b21-19+. The van der Waals surface area contributed by atoms with Crippen molar-refractivity contribution in [3.63, 3.8) is 0 Å². The Labute approximate surface area is 180 Å². The van der Waals surface area contributed by atoms with E-state index >= 15 is 0 Å². The van der Waals surface area contributed by atoms with E-state index < -0.39 is 17.7 Å². The lowest BCUT2D eigenvalue weighted by molar-refractivity contribution is -0.139. The van der Waals surface area contributed by atoms with E-state index in [0.717, 1.165) is 0 Å². The molecule has 7 heteroatoms. The van der Waals surface area contributed by atoms with Gasteiger partial charge in [0, 0.05) is 12.1 Å². The fraction of sp³-hybridized carbons (Fsp3) is 0.304. The predicted molar refractivity (Wildman–Crippen MR) is 115 cm³/mol. The van der Waals surface area contributed by atoms with Crippen molar-refractivity contribution in [2.24, 2.45) is 0 Å². The number of rotatable bonds is 7. The number of carbonyl (C=O) groups excluding carboxylic acids is 2. The SMILES string of the molecule is CCCN1C(=O)C(=O)/C(=C(/O)c2cc(OCC)ccc2Cl)C1c1ccc(OC)cc1. The number of methoxy groups -OCH3 is 1. The summed E-state index contributed by atoms with van der Waals surface area (Å²) in [6.07, 6.45) is 0.667. The van der Waals surface area contributed by atoms with Crippen LogP contribution in [-0.2, 0) is 9.59 Å². The molecule has 1 unspecified atom stereocenters. The fourth-order valence-corrected chi connectivity index (χ4v) is 3.78. The second-order valence-corrected chi connectivity index (χ2v) is 7.25. The van der Waals surface area contributed by atoms with Crippen molar-refractivity contribution in [3.8, 4) is 11.5 Å². The molecule has 1 atom stereocenters. The quantitative estimate of drug-likeness (QED) is 0.396. The van der Waals surface area contributed by atoms with E-state index in [9.17, 15) is 14.7 Å². The lowest BCUT2D eigenvalue weighted by atomic mass is 9.95. The molecule has 0 aliphatic carbocycles. The van der Waals surface area contributed by atoms with Gasteiger partial charge in [-0.05, 0) is 49.2 Å². The number of aliphatic hydroxyl groups excluding tert-OH is 1. The molecule has 0 bridgehead atoms. The van der Waals surface area contributed by atoms with E-state index in [1.165, 1.54) is 4.90 Å². The van der Waals surface area contributed by atoms with Crippen LogP contribution in [0, 0.1) is 0 Å². The van der Waals surface area contributed by atoms with E-state index in [1.54, 1.807) is 49.6 Å². The molecular formula is C23H24ClNO5. The maximum absolute atomic E-state index is 12.9. The van der Waals surface area contributed by atoms with Crippen LogP contribution in [0.1, 0.15) is 37.4 Å². The third-order valence-electron chi connectivity index (χ3n) is 4.94. The second-order valence-electron chi connectivity index (χ2n) is 6.84. The maximum Gasteiger partial charge on any atom is 0.295 e. The summed E-state index contributed by atoms with van der Waals surface area (Å²) >= 11 is 6.31. The molecule has 0 aromatic heterocycles. The molecule has 1 saturated heterocycles. The molecule has 1 fully saturated rings. The molecule has 3 rings (SSSR count). The van der Waals surface area contributed by atoms with Crippen LogP contribution >= 0.6 is 11.6 Å². The van der Waals surface area contributed by atoms with Crippen molar-refractivity contribution in [2.45, 2.75) is 26.3 Å². The summed E-state index contributed by atoms with van der Waals surface area (Å²) in [6, 6.07) is 11.2. The van der Waals surface area contributed by atoms with Gasteiger partial charge in [0.1, 0.15) is 17.3 Å². The first kappa shape index (κ1) is 21.7. The number of hydrogen-bond donors (Lipinski definition) is 1. The number of ether oxygens (including phenoxy) is 2. The van der Waals surface area contributed by atoms with Crippen molar-refractivity contribution >= 4 is 29.1 Å². The first-order chi connectivity index (χ1) is 14.4. The lowest BCUT2D eigenvalue weighted by Crippen LogP contribution is -2.30. The Balaban J connectivity index is 2.18. The lowest BCUT2D eigenvalue weighted by Gasteiger charge is -2.25. The number of Topliss-reactive ketones (excluding diaryl/α,β-unsaturated/α-hetero) is 1. The predicted octanol–water partition coefficient (Wildman–Crippen LogP) is 4.58. The number of likely N-dealkylation sites (tertiary alicyclic amines) is 1. The highest BCUT2D eigenvalue weighted by Crippen LogP contribution is 2.41. The Morgan fingerprint density at radius 3 is 2.37 bits per heavy atom. The highest BCUT2D eigenvalue weighted by atomic mass is 35.5. The molecule has 0 spiro atoms. The van der Waals surface area contributed by atoms with Crippen molar-refractivity contribution in [1.29, 1.82) is 0 Å². The maximum atomic E-state index is 12.9. The van der Waals surface area contributed by atoms with Gasteiger partial charge in [0.15, 0.2) is 0 Å². The number of amides is 1. The fourth-order valence-electron chi connectivity index (χ4n) is 3.57. The Morgan fingerprint density at radius 2 is 1.77 bits per heavy atom. The minimum Gasteiger partial charge on any atom is -0.507 e. The topological polar surface area (TPSA) is 76.1 Å². The number of aliphatic hydroxyl groups is 1. The molecule has 1 N–H and O–H groups in total. The van der Waals surface area contributed by atoms with E-state index in [4.69, 9.17) is 21.1 Å². The molecule has 1 heterocycles. The van der Waals surface area contributed by atoms with Crippen LogP contribution in [0.5, 0.6) is 11.5 Å². The summed E-state index contributed by atoms with van der Waals surface area (Å²) in [4.78, 5) is 27.2. The second kappa shape index (κ2) is 9.22. The third kappa shape index (κ3) is 4.00. The molecule has 0 saturated carbocycles. The summed E-state index contributed by atoms with van der Waals surface area (Å²) in [6.45, 7) is 4.58. The Bertz CT molecular complexity index is 984. The average Bonchev–Trinajstić information content (AvgIpc) is 3.00. The molecule has 2 aromatic carbocycles. The van der Waals surface area contributed by atoms with E-state index in [1.807, 2.05) is 13.8 Å². The smallest absolute Gasteiger partial charge is 0.295 e. The highest BCUT2D eigenvalue weighted by molar-refractivity contribution is 6.47. The van der Waals surface area contributed by atoms with Gasteiger partial charge in [-0.25, -0.2) is 0 Å². The van der Waals surface area contributed by atoms with Crippen LogP contribution in [0.15, 0.2) is 48.0 Å². The van der Waals surface area contributed by atoms with Crippen molar-refractivity contribution in [2.75, 3.05) is 20.3 Å². The van der Waals surface area contributed by atoms with Crippen molar-refractivity contribution < 1.29 is 24.2 Å². The summed E-state index contributed by atoms with van der Waals surface area (Å²) in [7, 11) is 1.56. The summed E-state index contributed by atoms with van der Waals surface area (Å²) in [5.41, 5.74) is 0.951. The van der Waals surface area contributed by atoms with Gasteiger partial charge in [0.05, 0.1) is 30.4 Å². The molecule has 1 aliphatic heterocycles. The number of carbonyl (C=O) groups is 2. The first-order valence-electron chi connectivity index (χ1n) is 9.78. The number of nitrogens with zero attached hydrogens (tertiary/aromatic N) is 1. The minimum atomic E-state index is -0.736. The van der Waals surface area contributed by atoms with E-state index in [-0.39, 0.29) is 21.9 Å². The average molecular weight is 430 g/mol. The van der Waals surface area contributed by atoms with Crippen LogP contribution in [0.2, 0.25) is 5.02 Å². The van der Waals surface area contributed by atoms with Gasteiger partial charge in [-0.15, -0.1) is 0 Å². The van der Waals surface area contributed by atoms with Gasteiger partial charge < -0.3 is 19.5 Å². The van der Waals surface area contributed by atoms with Gasteiger partial charge in [0.25, 0.3) is 11.7 Å². The monoisotopic (exact) mass is 429 g/mol. The molecule has 1 aliphatic rings. The van der Waals surface area contributed by atoms with Gasteiger partial charge in [-0.1, -0.05) is 30.7 Å². The number of ketones is 1. The van der Waals surface area contributed by atoms with Crippen LogP contribution < -0.4 is 9.47 Å². The minimum absolute atomic E-state index is 0.00849. The van der Waals surface area contributed by atoms with Crippen LogP contribution in [0.4, 0.5) is 0 Å². The molecule has 2 aromatic rings. The zero-order chi connectivity index (χ0) is 21.8. The molecule has 1 amide bonds. The molecule has 30 heavy (non-hydrogen) atoms. The van der Waals surface area contributed by atoms with Gasteiger partial charge in [-0.3, -0.25) is 9.59 Å². The highest BCUT2D eigenvalue weighted by Gasteiger charge is 2.45. The van der Waals surface area contributed by atoms with Crippen LogP contribution in [0.3, 0.4) is 0 Å². The van der Waals surface area contributed by atoms with Crippen molar-refractivity contribution in [3.05, 3.63) is 64.2 Å². The molecule has 6 nitrogen and oxygen atoms in total. The first-order valence-corrected chi connectivity index (χ1v) is 10.2. The van der Waals surface area contributed by atoms with Gasteiger partial charge >= 0.3 is 0 Å². The molecule has 158 valence electrons. The zero-order valence-electron chi connectivity index (χ0n) is 17.1. The van der Waals surface area contributed by atoms with Crippen molar-refractivity contribution in [1.82, 2.24) is 4.90 Å². The summed E-state index contributed by atoms with van der Waals surface area (Å²) < 4.78 is 10.7. The summed E-state index contributed by atoms with van der Waals surface area (Å²) in [5, 5.41) is 11.4. The van der Waals surface area contributed by atoms with Gasteiger partial charge in [-0.2, -0.15) is 0 Å². The Morgan fingerprint density at radius 1 is 1.10 bits per heavy atom. The number of hydrogen-bond acceptors (Lipinski definition) is 5. The van der Waals surface area contributed by atoms with E-state index in [0.29, 0.717) is 36.6 Å². The number of halogens is 1. The molecule has 0 radical (unpaired) electrons. The third-order valence-corrected chi connectivity index (χ3v) is 5.27. The Hall–Kier alpha value is -2.99. The van der Waals surface area contributed by atoms with Gasteiger partial charge in [0.2, 0.25) is 0 Å². The summed E-state index contributed by atoms with van der Waals surface area (Å²) in [5.74, 6) is -0.541. The zero-order valence-corrected chi connectivity index (χ0v) is 17.9. The van der Waals surface area contributed by atoms with Crippen LogP contribution in [0.25, 0.3) is 5.76 Å². The largest absolute Gasteiger partial charge is 0.507 e. The Kier molecular flexibility index (Phi) is 6.67. The normalized spacial score (nSPS) is 18.0.